The summed E-state index contributed by atoms with van der Waals surface area (Å²) in [6.07, 6.45) is 0.746. The number of hydrogen-bond donors (Lipinski definition) is 1. The first-order valence-corrected chi connectivity index (χ1v) is 11.2. The number of carbonyl (C=O) groups is 4. The van der Waals surface area contributed by atoms with E-state index in [1.807, 2.05) is 13.8 Å². The van der Waals surface area contributed by atoms with Gasteiger partial charge in [0, 0.05) is 38.3 Å². The quantitative estimate of drug-likeness (QED) is 0.220. The summed E-state index contributed by atoms with van der Waals surface area (Å²) >= 11 is 0. The van der Waals surface area contributed by atoms with Crippen molar-refractivity contribution in [3.63, 3.8) is 0 Å². The predicted molar refractivity (Wildman–Crippen MR) is 116 cm³/mol. The van der Waals surface area contributed by atoms with Crippen LogP contribution in [0, 0.1) is 11.8 Å². The maximum atomic E-state index is 12.2. The highest BCUT2D eigenvalue weighted by molar-refractivity contribution is 6.03. The number of ketones is 1. The first kappa shape index (κ1) is 28.2. The van der Waals surface area contributed by atoms with Crippen LogP contribution in [0.1, 0.15) is 40.0 Å². The molecule has 10 nitrogen and oxygen atoms in total. The molecule has 1 heterocycles. The minimum atomic E-state index is -0.273. The third kappa shape index (κ3) is 12.2. The highest BCUT2D eigenvalue weighted by atomic mass is 16.6. The lowest BCUT2D eigenvalue weighted by atomic mass is 9.94. The summed E-state index contributed by atoms with van der Waals surface area (Å²) in [6, 6.07) is 0. The Kier molecular flexibility index (Phi) is 14.7. The maximum Gasteiger partial charge on any atom is 0.233 e. The van der Waals surface area contributed by atoms with Crippen LogP contribution in [-0.2, 0) is 38.1 Å². The number of nitrogens with zero attached hydrogens (tertiary/aromatic N) is 1. The number of ether oxygens (including phenoxy) is 4. The molecule has 1 N–H and O–H groups in total. The standard InChI is InChI=1S/C22H38N2O8/c1-17(2)19-16-21(27)24(22(19)28)7-4-20(26)23-6-9-30-11-13-32-15-14-31-12-10-29-8-5-18(3)25/h17,19H,4-16H2,1-3H3,(H,23,26). The van der Waals surface area contributed by atoms with Crippen LogP contribution >= 0.6 is 0 Å². The summed E-state index contributed by atoms with van der Waals surface area (Å²) in [7, 11) is 0. The molecule has 1 aliphatic heterocycles. The largest absolute Gasteiger partial charge is 0.379 e. The summed E-state index contributed by atoms with van der Waals surface area (Å²) in [5.74, 6) is -0.650. The summed E-state index contributed by atoms with van der Waals surface area (Å²) < 4.78 is 21.3. The Labute approximate surface area is 190 Å². The van der Waals surface area contributed by atoms with Crippen LogP contribution in [0.15, 0.2) is 0 Å². The Hall–Kier alpha value is -1.88. The van der Waals surface area contributed by atoms with Crippen molar-refractivity contribution in [1.82, 2.24) is 10.2 Å². The third-order valence-corrected chi connectivity index (χ3v) is 4.93. The second-order valence-corrected chi connectivity index (χ2v) is 7.94. The summed E-state index contributed by atoms with van der Waals surface area (Å²) in [6.45, 7) is 9.22. The second kappa shape index (κ2) is 16.7. The fourth-order valence-corrected chi connectivity index (χ4v) is 3.01. The molecule has 0 aromatic rings. The minimum Gasteiger partial charge on any atom is -0.379 e. The van der Waals surface area contributed by atoms with E-state index in [1.165, 1.54) is 11.8 Å². The van der Waals surface area contributed by atoms with Crippen molar-refractivity contribution in [3.05, 3.63) is 0 Å². The zero-order valence-electron chi connectivity index (χ0n) is 19.6. The van der Waals surface area contributed by atoms with Crippen LogP contribution in [0.3, 0.4) is 0 Å². The minimum absolute atomic E-state index is 0.0905. The molecular formula is C22H38N2O8. The van der Waals surface area contributed by atoms with E-state index in [0.29, 0.717) is 65.8 Å². The van der Waals surface area contributed by atoms with Gasteiger partial charge in [-0.05, 0) is 12.8 Å². The Bertz CT molecular complexity index is 596. The number of hydrogen-bond acceptors (Lipinski definition) is 8. The molecule has 32 heavy (non-hydrogen) atoms. The van der Waals surface area contributed by atoms with E-state index in [4.69, 9.17) is 18.9 Å². The van der Waals surface area contributed by atoms with Crippen LogP contribution in [0.5, 0.6) is 0 Å². The van der Waals surface area contributed by atoms with Gasteiger partial charge in [-0.2, -0.15) is 0 Å². The van der Waals surface area contributed by atoms with Gasteiger partial charge in [-0.15, -0.1) is 0 Å². The Balaban J connectivity index is 1.89. The fourth-order valence-electron chi connectivity index (χ4n) is 3.01. The molecule has 184 valence electrons. The molecule has 0 bridgehead atoms. The van der Waals surface area contributed by atoms with Crippen LogP contribution in [0.2, 0.25) is 0 Å². The molecule has 3 amide bonds. The smallest absolute Gasteiger partial charge is 0.233 e. The molecule has 0 aliphatic carbocycles. The van der Waals surface area contributed by atoms with E-state index in [1.54, 1.807) is 0 Å². The number of rotatable bonds is 19. The molecule has 1 saturated heterocycles. The van der Waals surface area contributed by atoms with E-state index in [9.17, 15) is 19.2 Å². The average Bonchev–Trinajstić information content (AvgIpc) is 3.02. The van der Waals surface area contributed by atoms with Crippen molar-refractivity contribution in [2.45, 2.75) is 40.0 Å². The zero-order valence-corrected chi connectivity index (χ0v) is 19.6. The topological polar surface area (TPSA) is 120 Å². The third-order valence-electron chi connectivity index (χ3n) is 4.93. The first-order valence-electron chi connectivity index (χ1n) is 11.2. The maximum absolute atomic E-state index is 12.2. The van der Waals surface area contributed by atoms with Gasteiger partial charge in [-0.1, -0.05) is 13.8 Å². The van der Waals surface area contributed by atoms with Gasteiger partial charge < -0.3 is 24.3 Å². The van der Waals surface area contributed by atoms with E-state index in [-0.39, 0.29) is 54.7 Å². The van der Waals surface area contributed by atoms with Gasteiger partial charge in [-0.3, -0.25) is 24.1 Å². The molecule has 0 aromatic carbocycles. The zero-order chi connectivity index (χ0) is 23.8. The van der Waals surface area contributed by atoms with Gasteiger partial charge >= 0.3 is 0 Å². The lowest BCUT2D eigenvalue weighted by Gasteiger charge is -2.16. The Morgan fingerprint density at radius 3 is 1.94 bits per heavy atom. The van der Waals surface area contributed by atoms with E-state index >= 15 is 0 Å². The van der Waals surface area contributed by atoms with Gasteiger partial charge in [0.1, 0.15) is 5.78 Å². The monoisotopic (exact) mass is 458 g/mol. The highest BCUT2D eigenvalue weighted by Crippen LogP contribution is 2.26. The average molecular weight is 459 g/mol. The molecule has 1 atom stereocenters. The van der Waals surface area contributed by atoms with Crippen molar-refractivity contribution in [1.29, 1.82) is 0 Å². The molecule has 10 heteroatoms. The van der Waals surface area contributed by atoms with Gasteiger partial charge in [0.05, 0.1) is 52.9 Å². The molecule has 1 rings (SSSR count). The first-order chi connectivity index (χ1) is 15.3. The molecular weight excluding hydrogens is 420 g/mol. The molecule has 0 spiro atoms. The number of imide groups is 1. The molecule has 0 radical (unpaired) electrons. The van der Waals surface area contributed by atoms with Gasteiger partial charge in [0.15, 0.2) is 0 Å². The van der Waals surface area contributed by atoms with Crippen molar-refractivity contribution >= 4 is 23.5 Å². The fraction of sp³-hybridized carbons (Fsp3) is 0.818. The normalized spacial score (nSPS) is 16.2. The van der Waals surface area contributed by atoms with Crippen molar-refractivity contribution in [3.8, 4) is 0 Å². The van der Waals surface area contributed by atoms with Gasteiger partial charge in [0.25, 0.3) is 0 Å². The van der Waals surface area contributed by atoms with Crippen LogP contribution in [0.4, 0.5) is 0 Å². The summed E-state index contributed by atoms with van der Waals surface area (Å²) in [5.41, 5.74) is 0. The number of likely N-dealkylation sites (tertiary alicyclic amines) is 1. The van der Waals surface area contributed by atoms with Crippen LogP contribution in [0.25, 0.3) is 0 Å². The molecule has 0 aromatic heterocycles. The number of nitrogens with one attached hydrogen (secondary N) is 1. The lowest BCUT2D eigenvalue weighted by molar-refractivity contribution is -0.140. The van der Waals surface area contributed by atoms with Crippen molar-refractivity contribution < 1.29 is 38.1 Å². The van der Waals surface area contributed by atoms with Crippen molar-refractivity contribution in [2.24, 2.45) is 11.8 Å². The van der Waals surface area contributed by atoms with Crippen LogP contribution < -0.4 is 5.32 Å². The number of amides is 3. The van der Waals surface area contributed by atoms with E-state index < -0.39 is 0 Å². The Morgan fingerprint density at radius 1 is 0.906 bits per heavy atom. The number of Topliss-reactive ketones (excluding diaryl/α,β-unsaturated/α-hetero) is 1. The lowest BCUT2D eigenvalue weighted by Crippen LogP contribution is -2.36. The van der Waals surface area contributed by atoms with E-state index in [0.717, 1.165) is 0 Å². The molecule has 1 unspecified atom stereocenters. The van der Waals surface area contributed by atoms with Crippen molar-refractivity contribution in [2.75, 3.05) is 65.9 Å². The number of carbonyl (C=O) groups excluding carboxylic acids is 4. The Morgan fingerprint density at radius 2 is 1.44 bits per heavy atom. The van der Waals surface area contributed by atoms with Gasteiger partial charge in [0.2, 0.25) is 17.7 Å². The van der Waals surface area contributed by atoms with Gasteiger partial charge in [-0.25, -0.2) is 0 Å². The molecule has 1 aliphatic rings. The second-order valence-electron chi connectivity index (χ2n) is 7.94. The SMILES string of the molecule is CC(=O)CCOCCOCCOCCOCCNC(=O)CCN1C(=O)CC(C(C)C)C1=O. The summed E-state index contributed by atoms with van der Waals surface area (Å²) in [4.78, 5) is 48.0. The van der Waals surface area contributed by atoms with Crippen LogP contribution in [-0.4, -0.2) is 94.3 Å². The highest BCUT2D eigenvalue weighted by Gasteiger charge is 2.39. The molecule has 1 fully saturated rings. The molecule has 0 saturated carbocycles. The van der Waals surface area contributed by atoms with E-state index in [2.05, 4.69) is 5.32 Å². The predicted octanol–water partition coefficient (Wildman–Crippen LogP) is 0.569. The summed E-state index contributed by atoms with van der Waals surface area (Å²) in [5, 5.41) is 2.71.